The summed E-state index contributed by atoms with van der Waals surface area (Å²) >= 11 is 1.39. The van der Waals surface area contributed by atoms with E-state index in [9.17, 15) is 28.8 Å². The molecule has 0 aliphatic carbocycles. The highest BCUT2D eigenvalue weighted by molar-refractivity contribution is 7.16. The predicted molar refractivity (Wildman–Crippen MR) is 220 cm³/mol. The summed E-state index contributed by atoms with van der Waals surface area (Å²) in [4.78, 5) is 88.7. The number of amides is 6. The Balaban J connectivity index is 0.853. The molecule has 1 saturated heterocycles. The van der Waals surface area contributed by atoms with Crippen molar-refractivity contribution in [3.63, 3.8) is 0 Å². The number of ether oxygens (including phenoxy) is 2. The van der Waals surface area contributed by atoms with E-state index in [0.717, 1.165) is 37.8 Å². The first-order valence-electron chi connectivity index (χ1n) is 18.9. The number of carbonyl (C=O) groups is 6. The second-order valence-corrected chi connectivity index (χ2v) is 15.3. The smallest absolute Gasteiger partial charge is 0.276 e. The van der Waals surface area contributed by atoms with Gasteiger partial charge in [0.05, 0.1) is 49.0 Å². The minimum Gasteiger partial charge on any atom is -0.491 e. The lowest BCUT2D eigenvalue weighted by Gasteiger charge is -2.27. The van der Waals surface area contributed by atoms with Gasteiger partial charge in [-0.3, -0.25) is 39.0 Å². The molecule has 1 unspecified atom stereocenters. The number of imide groups is 2. The summed E-state index contributed by atoms with van der Waals surface area (Å²) in [6.07, 6.45) is 3.38. The predicted octanol–water partition coefficient (Wildman–Crippen LogP) is 4.53. The minimum atomic E-state index is -1.04. The molecule has 304 valence electrons. The molecule has 2 aliphatic rings. The molecule has 59 heavy (non-hydrogen) atoms. The fraction of sp³-hybridized carbons (Fsp3) is 0.286. The standard InChI is InChI=1S/C42H42N8O8S/c1-24-19-27(11-12-31(24)49(4)40(55)33-22-43-23-48(33)3)37-25(2)59-42(47-37)46-35(52)21-26-7-5-8-28(20-26)58-18-17-57-16-15-44-30-10-6-9-29-36(30)41(56)50(39(29)54)32-13-14-34(51)45-38(32)53/h5-12,19-20,22-23,32,44H,13-18,21H2,1-4H3,(H,45,51,53)(H,46,47,52). The number of fused-ring (bicyclic) bond motifs is 1. The lowest BCUT2D eigenvalue weighted by Crippen LogP contribution is -2.54. The molecule has 1 atom stereocenters. The maximum Gasteiger partial charge on any atom is 0.276 e. The van der Waals surface area contributed by atoms with E-state index in [0.29, 0.717) is 28.8 Å². The van der Waals surface area contributed by atoms with E-state index in [2.05, 4.69) is 20.9 Å². The molecule has 1 fully saturated rings. The van der Waals surface area contributed by atoms with Crippen molar-refractivity contribution in [3.8, 4) is 17.0 Å². The monoisotopic (exact) mass is 818 g/mol. The van der Waals surface area contributed by atoms with Gasteiger partial charge in [-0.1, -0.05) is 24.3 Å². The Hall–Kier alpha value is -6.72. The molecule has 7 rings (SSSR count). The fourth-order valence-electron chi connectivity index (χ4n) is 7.08. The lowest BCUT2D eigenvalue weighted by molar-refractivity contribution is -0.136. The third kappa shape index (κ3) is 8.75. The van der Waals surface area contributed by atoms with Crippen LogP contribution in [0.5, 0.6) is 5.75 Å². The molecule has 3 aromatic carbocycles. The van der Waals surface area contributed by atoms with Gasteiger partial charge < -0.3 is 29.6 Å². The highest BCUT2D eigenvalue weighted by Crippen LogP contribution is 2.34. The van der Waals surface area contributed by atoms with Crippen LogP contribution in [0.15, 0.2) is 73.2 Å². The largest absolute Gasteiger partial charge is 0.491 e. The Labute approximate surface area is 343 Å². The van der Waals surface area contributed by atoms with E-state index in [1.54, 1.807) is 66.4 Å². The normalized spacial score (nSPS) is 14.9. The van der Waals surface area contributed by atoms with Gasteiger partial charge in [0.2, 0.25) is 17.7 Å². The second kappa shape index (κ2) is 17.4. The SMILES string of the molecule is Cc1cc(-c2nc(NC(=O)Cc3cccc(OCCOCCNc4cccc5c4C(=O)N(C4CCC(=O)NC4=O)C5=O)c3)sc2C)ccc1N(C)C(=O)c1cncn1C. The summed E-state index contributed by atoms with van der Waals surface area (Å²) in [7, 11) is 3.51. The molecule has 3 N–H and O–H groups in total. The van der Waals surface area contributed by atoms with E-state index in [4.69, 9.17) is 14.5 Å². The molecule has 0 radical (unpaired) electrons. The van der Waals surface area contributed by atoms with Crippen LogP contribution < -0.4 is 25.6 Å². The zero-order chi connectivity index (χ0) is 41.8. The number of imidazole rings is 1. The fourth-order valence-corrected chi connectivity index (χ4v) is 7.93. The van der Waals surface area contributed by atoms with E-state index in [1.807, 2.05) is 44.2 Å². The Bertz CT molecular complexity index is 2480. The molecule has 16 nitrogen and oxygen atoms in total. The van der Waals surface area contributed by atoms with Gasteiger partial charge in [0.25, 0.3) is 17.7 Å². The zero-order valence-electron chi connectivity index (χ0n) is 32.9. The van der Waals surface area contributed by atoms with E-state index in [1.165, 1.54) is 11.3 Å². The van der Waals surface area contributed by atoms with Crippen LogP contribution in [0.4, 0.5) is 16.5 Å². The van der Waals surface area contributed by atoms with Crippen molar-refractivity contribution in [2.45, 2.75) is 39.2 Å². The molecule has 2 aromatic heterocycles. The van der Waals surface area contributed by atoms with Crippen LogP contribution in [-0.2, 0) is 32.6 Å². The van der Waals surface area contributed by atoms with Crippen LogP contribution in [0.2, 0.25) is 0 Å². The maximum absolute atomic E-state index is 13.3. The number of carbonyl (C=O) groups excluding carboxylic acids is 6. The third-order valence-electron chi connectivity index (χ3n) is 10.0. The number of benzene rings is 3. The van der Waals surface area contributed by atoms with Crippen molar-refractivity contribution in [1.82, 2.24) is 24.8 Å². The molecule has 5 aromatic rings. The van der Waals surface area contributed by atoms with Crippen LogP contribution in [0.1, 0.15) is 60.1 Å². The van der Waals surface area contributed by atoms with Gasteiger partial charge >= 0.3 is 0 Å². The second-order valence-electron chi connectivity index (χ2n) is 14.1. The maximum atomic E-state index is 13.3. The van der Waals surface area contributed by atoms with Gasteiger partial charge in [0.1, 0.15) is 24.1 Å². The average molecular weight is 819 g/mol. The number of thiazole rings is 1. The highest BCUT2D eigenvalue weighted by Gasteiger charge is 2.45. The van der Waals surface area contributed by atoms with Crippen molar-refractivity contribution in [2.24, 2.45) is 7.05 Å². The van der Waals surface area contributed by atoms with Gasteiger partial charge in [-0.2, -0.15) is 0 Å². The van der Waals surface area contributed by atoms with Crippen LogP contribution in [0, 0.1) is 13.8 Å². The Morgan fingerprint density at radius 3 is 2.58 bits per heavy atom. The zero-order valence-corrected chi connectivity index (χ0v) is 33.7. The van der Waals surface area contributed by atoms with Crippen molar-refractivity contribution >= 4 is 63.3 Å². The Morgan fingerprint density at radius 2 is 1.81 bits per heavy atom. The first-order valence-corrected chi connectivity index (χ1v) is 19.7. The van der Waals surface area contributed by atoms with Crippen molar-refractivity contribution < 1.29 is 38.2 Å². The third-order valence-corrected chi connectivity index (χ3v) is 10.9. The minimum absolute atomic E-state index is 0.0474. The topological polar surface area (TPSA) is 194 Å². The quantitative estimate of drug-likeness (QED) is 0.0993. The number of anilines is 3. The number of aromatic nitrogens is 3. The van der Waals surface area contributed by atoms with Gasteiger partial charge in [-0.15, -0.1) is 11.3 Å². The average Bonchev–Trinajstić information content (AvgIpc) is 3.88. The number of aryl methyl sites for hydroxylation is 3. The van der Waals surface area contributed by atoms with Crippen molar-refractivity contribution in [2.75, 3.05) is 48.9 Å². The Morgan fingerprint density at radius 1 is 1.00 bits per heavy atom. The highest BCUT2D eigenvalue weighted by atomic mass is 32.1. The summed E-state index contributed by atoms with van der Waals surface area (Å²) < 4.78 is 13.3. The molecule has 4 heterocycles. The molecule has 6 amide bonds. The first-order chi connectivity index (χ1) is 28.4. The summed E-state index contributed by atoms with van der Waals surface area (Å²) in [6.45, 7) is 5.03. The summed E-state index contributed by atoms with van der Waals surface area (Å²) in [6, 6.07) is 16.9. The molecule has 17 heteroatoms. The Kier molecular flexibility index (Phi) is 11.9. The van der Waals surface area contributed by atoms with Crippen LogP contribution >= 0.6 is 11.3 Å². The number of nitrogens with one attached hydrogen (secondary N) is 3. The number of rotatable bonds is 15. The summed E-state index contributed by atoms with van der Waals surface area (Å²) in [5, 5.41) is 8.74. The number of piperidine rings is 1. The van der Waals surface area contributed by atoms with Crippen LogP contribution in [-0.4, -0.2) is 94.3 Å². The van der Waals surface area contributed by atoms with Gasteiger partial charge in [-0.05, 0) is 67.8 Å². The summed E-state index contributed by atoms with van der Waals surface area (Å²) in [5.74, 6) is -2.05. The lowest BCUT2D eigenvalue weighted by atomic mass is 10.0. The molecule has 2 aliphatic heterocycles. The molecule has 0 saturated carbocycles. The summed E-state index contributed by atoms with van der Waals surface area (Å²) in [5.41, 5.74) is 5.36. The van der Waals surface area contributed by atoms with Crippen LogP contribution in [0.25, 0.3) is 11.3 Å². The molecule has 0 bridgehead atoms. The number of hydrogen-bond acceptors (Lipinski definition) is 12. The van der Waals surface area contributed by atoms with Crippen molar-refractivity contribution in [1.29, 1.82) is 0 Å². The van der Waals surface area contributed by atoms with Crippen molar-refractivity contribution in [3.05, 3.63) is 106 Å². The molecule has 0 spiro atoms. The molecular formula is C42H42N8O8S. The number of hydrogen-bond donors (Lipinski definition) is 3. The van der Waals surface area contributed by atoms with Crippen LogP contribution in [0.3, 0.4) is 0 Å². The van der Waals surface area contributed by atoms with Gasteiger partial charge in [0.15, 0.2) is 5.13 Å². The number of nitrogens with zero attached hydrogens (tertiary/aromatic N) is 5. The van der Waals surface area contributed by atoms with E-state index >= 15 is 0 Å². The van der Waals surface area contributed by atoms with E-state index in [-0.39, 0.29) is 62.0 Å². The molecular weight excluding hydrogens is 777 g/mol. The van der Waals surface area contributed by atoms with Gasteiger partial charge in [-0.25, -0.2) is 9.97 Å². The van der Waals surface area contributed by atoms with E-state index < -0.39 is 29.7 Å². The first kappa shape index (κ1) is 40.5. The van der Waals surface area contributed by atoms with Gasteiger partial charge in [0, 0.05) is 48.9 Å².